The van der Waals surface area contributed by atoms with Gasteiger partial charge in [-0.2, -0.15) is 0 Å². The van der Waals surface area contributed by atoms with Gasteiger partial charge < -0.3 is 4.90 Å². The van der Waals surface area contributed by atoms with E-state index in [4.69, 9.17) is 0 Å². The predicted octanol–water partition coefficient (Wildman–Crippen LogP) is 1.72. The molecular weight excluding hydrogens is 254 g/mol. The number of carbonyl (C=O) groups is 3. The summed E-state index contributed by atoms with van der Waals surface area (Å²) in [6.45, 7) is 0.201. The lowest BCUT2D eigenvalue weighted by molar-refractivity contribution is -0.119. The monoisotopic (exact) mass is 269 g/mol. The number of Topliss-reactive ketones (excluding diaryl/α,β-unsaturated/α-hetero) is 1. The summed E-state index contributed by atoms with van der Waals surface area (Å²) in [5.41, 5.74) is 1.20. The van der Waals surface area contributed by atoms with Crippen LogP contribution in [0.4, 0.5) is 5.69 Å². The lowest BCUT2D eigenvalue weighted by atomic mass is 9.98. The molecule has 0 saturated heterocycles. The van der Waals surface area contributed by atoms with Gasteiger partial charge in [-0.15, -0.1) is 0 Å². The number of hydrogen-bond donors (Lipinski definition) is 0. The molecule has 0 bridgehead atoms. The van der Waals surface area contributed by atoms with Crippen molar-refractivity contribution in [2.24, 2.45) is 0 Å². The van der Waals surface area contributed by atoms with Gasteiger partial charge in [-0.3, -0.25) is 14.4 Å². The van der Waals surface area contributed by atoms with Crippen LogP contribution in [0, 0.1) is 0 Å². The van der Waals surface area contributed by atoms with Crippen LogP contribution in [0.25, 0.3) is 0 Å². The van der Waals surface area contributed by atoms with Crippen LogP contribution in [-0.4, -0.2) is 30.9 Å². The fourth-order valence-corrected chi connectivity index (χ4v) is 2.00. The van der Waals surface area contributed by atoms with Crippen LogP contribution >= 0.6 is 0 Å². The first-order valence-electron chi connectivity index (χ1n) is 6.31. The van der Waals surface area contributed by atoms with Gasteiger partial charge in [0.2, 0.25) is 0 Å². The molecule has 0 spiro atoms. The van der Waals surface area contributed by atoms with E-state index in [9.17, 15) is 14.4 Å². The van der Waals surface area contributed by atoms with Gasteiger partial charge in [0.1, 0.15) is 0 Å². The Morgan fingerprint density at radius 3 is 2.50 bits per heavy atom. The minimum Gasteiger partial charge on any atom is -0.367 e. The first-order valence-corrected chi connectivity index (χ1v) is 6.31. The molecule has 0 aliphatic heterocycles. The zero-order valence-corrected chi connectivity index (χ0v) is 11.2. The fraction of sp³-hybridized carbons (Fsp3) is 0.188. The molecule has 1 aliphatic carbocycles. The highest BCUT2D eigenvalue weighted by Crippen LogP contribution is 2.14. The van der Waals surface area contributed by atoms with Crippen molar-refractivity contribution in [1.29, 1.82) is 0 Å². The van der Waals surface area contributed by atoms with Crippen molar-refractivity contribution in [3.63, 3.8) is 0 Å². The van der Waals surface area contributed by atoms with Crippen LogP contribution in [0.5, 0.6) is 0 Å². The van der Waals surface area contributed by atoms with E-state index in [-0.39, 0.29) is 35.9 Å². The number of nitrogens with zero attached hydrogens (tertiary/aromatic N) is 1. The SMILES string of the molecule is CN(CC(=O)CC1=CC(=O)C=CC1=O)c1ccccc1. The van der Waals surface area contributed by atoms with E-state index >= 15 is 0 Å². The first kappa shape index (κ1) is 13.9. The third kappa shape index (κ3) is 3.51. The van der Waals surface area contributed by atoms with Crippen LogP contribution in [0.3, 0.4) is 0 Å². The van der Waals surface area contributed by atoms with Gasteiger partial charge in [0.15, 0.2) is 17.3 Å². The summed E-state index contributed by atoms with van der Waals surface area (Å²) in [6, 6.07) is 9.51. The number of anilines is 1. The van der Waals surface area contributed by atoms with Crippen LogP contribution in [0.1, 0.15) is 6.42 Å². The van der Waals surface area contributed by atoms with Crippen LogP contribution < -0.4 is 4.90 Å². The molecule has 0 unspecified atom stereocenters. The Bertz CT molecular complexity index is 599. The van der Waals surface area contributed by atoms with Crippen molar-refractivity contribution in [3.05, 3.63) is 54.1 Å². The van der Waals surface area contributed by atoms with Crippen LogP contribution in [0.2, 0.25) is 0 Å². The predicted molar refractivity (Wildman–Crippen MR) is 76.6 cm³/mol. The molecule has 0 amide bonds. The number of benzene rings is 1. The molecule has 1 aromatic rings. The van der Waals surface area contributed by atoms with Crippen LogP contribution in [-0.2, 0) is 14.4 Å². The molecule has 20 heavy (non-hydrogen) atoms. The molecule has 102 valence electrons. The molecule has 4 heteroatoms. The summed E-state index contributed by atoms with van der Waals surface area (Å²) in [4.78, 5) is 36.6. The molecule has 0 aromatic heterocycles. The van der Waals surface area contributed by atoms with E-state index in [1.165, 1.54) is 18.2 Å². The number of carbonyl (C=O) groups excluding carboxylic acids is 3. The lowest BCUT2D eigenvalue weighted by Gasteiger charge is -2.18. The average molecular weight is 269 g/mol. The van der Waals surface area contributed by atoms with Crippen molar-refractivity contribution < 1.29 is 14.4 Å². The molecule has 0 N–H and O–H groups in total. The number of allylic oxidation sites excluding steroid dienone is 4. The van der Waals surface area contributed by atoms with Crippen molar-refractivity contribution in [2.75, 3.05) is 18.5 Å². The van der Waals surface area contributed by atoms with E-state index in [1.807, 2.05) is 42.3 Å². The molecule has 1 aliphatic rings. The van der Waals surface area contributed by atoms with Gasteiger partial charge in [0.25, 0.3) is 0 Å². The summed E-state index contributed by atoms with van der Waals surface area (Å²) >= 11 is 0. The molecule has 0 radical (unpaired) electrons. The van der Waals surface area contributed by atoms with Gasteiger partial charge in [-0.1, -0.05) is 18.2 Å². The number of ketones is 3. The number of hydrogen-bond acceptors (Lipinski definition) is 4. The summed E-state index contributed by atoms with van der Waals surface area (Å²) < 4.78 is 0. The molecule has 0 saturated carbocycles. The molecule has 2 rings (SSSR count). The van der Waals surface area contributed by atoms with E-state index in [2.05, 4.69) is 0 Å². The summed E-state index contributed by atoms with van der Waals surface area (Å²) in [5, 5.41) is 0. The number of rotatable bonds is 5. The van der Waals surface area contributed by atoms with E-state index in [0.717, 1.165) is 5.69 Å². The fourth-order valence-electron chi connectivity index (χ4n) is 2.00. The van der Waals surface area contributed by atoms with E-state index < -0.39 is 0 Å². The van der Waals surface area contributed by atoms with Gasteiger partial charge in [0.05, 0.1) is 6.54 Å². The highest BCUT2D eigenvalue weighted by atomic mass is 16.1. The second kappa shape index (κ2) is 6.10. The van der Waals surface area contributed by atoms with Crippen LogP contribution in [0.15, 0.2) is 54.1 Å². The van der Waals surface area contributed by atoms with Gasteiger partial charge in [-0.05, 0) is 30.4 Å². The zero-order valence-electron chi connectivity index (χ0n) is 11.2. The number of para-hydroxylation sites is 1. The topological polar surface area (TPSA) is 54.5 Å². The van der Waals surface area contributed by atoms with E-state index in [0.29, 0.717) is 0 Å². The molecule has 4 nitrogen and oxygen atoms in total. The molecule has 0 heterocycles. The van der Waals surface area contributed by atoms with Gasteiger partial charge >= 0.3 is 0 Å². The standard InChI is InChI=1S/C16H15NO3/c1-17(13-5-3-2-4-6-13)11-15(19)10-12-9-14(18)7-8-16(12)20/h2-9H,10-11H2,1H3. The maximum absolute atomic E-state index is 12.0. The zero-order chi connectivity index (χ0) is 14.5. The Morgan fingerprint density at radius 2 is 1.80 bits per heavy atom. The molecular formula is C16H15NO3. The third-order valence-corrected chi connectivity index (χ3v) is 3.03. The van der Waals surface area contributed by atoms with Crippen molar-refractivity contribution >= 4 is 23.0 Å². The minimum absolute atomic E-state index is 0.00785. The Hall–Kier alpha value is -2.49. The third-order valence-electron chi connectivity index (χ3n) is 3.03. The first-order chi connectivity index (χ1) is 9.56. The maximum Gasteiger partial charge on any atom is 0.182 e. The van der Waals surface area contributed by atoms with Crippen molar-refractivity contribution in [3.8, 4) is 0 Å². The number of likely N-dealkylation sites (N-methyl/N-ethyl adjacent to an activating group) is 1. The summed E-state index contributed by atoms with van der Waals surface area (Å²) in [7, 11) is 1.81. The largest absolute Gasteiger partial charge is 0.367 e. The Kier molecular flexibility index (Phi) is 4.25. The van der Waals surface area contributed by atoms with Gasteiger partial charge in [-0.25, -0.2) is 0 Å². The molecule has 0 atom stereocenters. The second-order valence-electron chi connectivity index (χ2n) is 4.68. The Balaban J connectivity index is 1.96. The molecule has 1 aromatic carbocycles. The quantitative estimate of drug-likeness (QED) is 0.764. The smallest absolute Gasteiger partial charge is 0.182 e. The average Bonchev–Trinajstić information content (AvgIpc) is 2.43. The normalized spacial score (nSPS) is 14.2. The minimum atomic E-state index is -0.264. The molecule has 0 fully saturated rings. The summed E-state index contributed by atoms with van der Waals surface area (Å²) in [5.74, 6) is -0.608. The Morgan fingerprint density at radius 1 is 1.10 bits per heavy atom. The van der Waals surface area contributed by atoms with Crippen molar-refractivity contribution in [2.45, 2.75) is 6.42 Å². The maximum atomic E-state index is 12.0. The van der Waals surface area contributed by atoms with E-state index in [1.54, 1.807) is 0 Å². The summed E-state index contributed by atoms with van der Waals surface area (Å²) in [6.07, 6.45) is 3.66. The van der Waals surface area contributed by atoms with Gasteiger partial charge in [0, 0.05) is 24.7 Å². The highest BCUT2D eigenvalue weighted by molar-refractivity contribution is 6.18. The van der Waals surface area contributed by atoms with Crippen molar-refractivity contribution in [1.82, 2.24) is 0 Å². The highest BCUT2D eigenvalue weighted by Gasteiger charge is 2.17. The Labute approximate surface area is 117 Å². The lowest BCUT2D eigenvalue weighted by Crippen LogP contribution is -2.26. The second-order valence-corrected chi connectivity index (χ2v) is 4.68.